The summed E-state index contributed by atoms with van der Waals surface area (Å²) in [7, 11) is 0. The average Bonchev–Trinajstić information content (AvgIpc) is 2.40. The van der Waals surface area contributed by atoms with Crippen LogP contribution in [-0.4, -0.2) is 29.8 Å². The molecule has 0 bridgehead atoms. The Morgan fingerprint density at radius 2 is 1.63 bits per heavy atom. The number of hydrogen-bond acceptors (Lipinski definition) is 3. The van der Waals surface area contributed by atoms with E-state index in [4.69, 9.17) is 15.6 Å². The number of carboxylic acid groups (broad SMARTS) is 1. The van der Waals surface area contributed by atoms with Crippen LogP contribution in [0.3, 0.4) is 0 Å². The van der Waals surface area contributed by atoms with Gasteiger partial charge in [-0.1, -0.05) is 46.0 Å². The van der Waals surface area contributed by atoms with Crippen LogP contribution in [0.1, 0.15) is 71.6 Å². The van der Waals surface area contributed by atoms with Crippen LogP contribution in [0.15, 0.2) is 0 Å². The molecule has 0 spiro atoms. The van der Waals surface area contributed by atoms with Gasteiger partial charge < -0.3 is 15.6 Å². The normalized spacial score (nSPS) is 14.3. The van der Waals surface area contributed by atoms with Crippen LogP contribution < -0.4 is 5.73 Å². The van der Waals surface area contributed by atoms with Crippen molar-refractivity contribution in [2.24, 2.45) is 5.73 Å². The van der Waals surface area contributed by atoms with Crippen LogP contribution in [-0.2, 0) is 9.53 Å². The average molecular weight is 273 g/mol. The van der Waals surface area contributed by atoms with Crippen molar-refractivity contribution in [3.8, 4) is 0 Å². The van der Waals surface area contributed by atoms with E-state index in [1.165, 1.54) is 32.1 Å². The summed E-state index contributed by atoms with van der Waals surface area (Å²) in [6.45, 7) is 5.42. The van der Waals surface area contributed by atoms with Crippen LogP contribution in [0, 0.1) is 0 Å². The lowest BCUT2D eigenvalue weighted by molar-refractivity contribution is -0.143. The highest BCUT2D eigenvalue weighted by Gasteiger charge is 2.30. The summed E-state index contributed by atoms with van der Waals surface area (Å²) in [5, 5.41) is 9.01. The van der Waals surface area contributed by atoms with Crippen molar-refractivity contribution < 1.29 is 14.6 Å². The first-order valence-electron chi connectivity index (χ1n) is 7.67. The third kappa shape index (κ3) is 9.00. The number of hydrogen-bond donors (Lipinski definition) is 2. The van der Waals surface area contributed by atoms with Crippen molar-refractivity contribution in [2.45, 2.75) is 77.2 Å². The summed E-state index contributed by atoms with van der Waals surface area (Å²) in [6.07, 6.45) is 9.19. The Morgan fingerprint density at radius 1 is 1.05 bits per heavy atom. The second kappa shape index (κ2) is 11.2. The molecule has 0 fully saturated rings. The fraction of sp³-hybridized carbons (Fsp3) is 0.933. The van der Waals surface area contributed by atoms with Crippen LogP contribution in [0.2, 0.25) is 0 Å². The van der Waals surface area contributed by atoms with E-state index in [2.05, 4.69) is 6.92 Å². The molecule has 0 amide bonds. The molecule has 0 saturated carbocycles. The highest BCUT2D eigenvalue weighted by atomic mass is 16.5. The van der Waals surface area contributed by atoms with Crippen LogP contribution in [0.25, 0.3) is 0 Å². The smallest absolute Gasteiger partial charge is 0.323 e. The predicted molar refractivity (Wildman–Crippen MR) is 78.3 cm³/mol. The highest BCUT2D eigenvalue weighted by Crippen LogP contribution is 2.14. The maximum Gasteiger partial charge on any atom is 0.323 e. The Hall–Kier alpha value is -0.610. The molecule has 0 saturated heterocycles. The molecule has 1 unspecified atom stereocenters. The molecule has 19 heavy (non-hydrogen) atoms. The Balaban J connectivity index is 3.38. The number of nitrogens with two attached hydrogens (primary N) is 1. The van der Waals surface area contributed by atoms with Crippen LogP contribution in [0.5, 0.6) is 0 Å². The lowest BCUT2D eigenvalue weighted by Gasteiger charge is -2.22. The Bertz CT molecular complexity index is 233. The van der Waals surface area contributed by atoms with Crippen LogP contribution in [0.4, 0.5) is 0 Å². The number of carboxylic acids is 1. The van der Waals surface area contributed by atoms with E-state index in [1.54, 1.807) is 0 Å². The second-order valence-electron chi connectivity index (χ2n) is 5.30. The van der Waals surface area contributed by atoms with Gasteiger partial charge in [0.05, 0.1) is 0 Å². The summed E-state index contributed by atoms with van der Waals surface area (Å²) in [4.78, 5) is 11.0. The summed E-state index contributed by atoms with van der Waals surface area (Å²) in [5.41, 5.74) is 4.71. The first-order valence-corrected chi connectivity index (χ1v) is 7.67. The van der Waals surface area contributed by atoms with Gasteiger partial charge in [-0.2, -0.15) is 0 Å². The number of aliphatic carboxylic acids is 1. The minimum absolute atomic E-state index is 0.458. The minimum Gasteiger partial charge on any atom is -0.480 e. The predicted octanol–water partition coefficient (Wildman–Crippen LogP) is 3.34. The van der Waals surface area contributed by atoms with Gasteiger partial charge in [0.25, 0.3) is 0 Å². The van der Waals surface area contributed by atoms with Gasteiger partial charge in [0.2, 0.25) is 0 Å². The lowest BCUT2D eigenvalue weighted by Crippen LogP contribution is -2.47. The van der Waals surface area contributed by atoms with Gasteiger partial charge in [-0.3, -0.25) is 4.79 Å². The van der Waals surface area contributed by atoms with Gasteiger partial charge in [-0.25, -0.2) is 0 Å². The molecule has 1 atom stereocenters. The zero-order valence-electron chi connectivity index (χ0n) is 12.6. The lowest BCUT2D eigenvalue weighted by atomic mass is 9.92. The zero-order valence-corrected chi connectivity index (χ0v) is 12.6. The molecule has 0 radical (unpaired) electrons. The Kier molecular flexibility index (Phi) is 10.9. The molecule has 4 heteroatoms. The second-order valence-corrected chi connectivity index (χ2v) is 5.30. The maximum absolute atomic E-state index is 11.0. The van der Waals surface area contributed by atoms with E-state index >= 15 is 0 Å². The summed E-state index contributed by atoms with van der Waals surface area (Å²) < 4.78 is 5.51. The van der Waals surface area contributed by atoms with Gasteiger partial charge >= 0.3 is 5.97 Å². The molecular weight excluding hydrogens is 242 g/mol. The molecule has 3 N–H and O–H groups in total. The summed E-state index contributed by atoms with van der Waals surface area (Å²) in [5.74, 6) is -0.911. The van der Waals surface area contributed by atoms with Gasteiger partial charge in [0.15, 0.2) is 0 Å². The zero-order chi connectivity index (χ0) is 14.6. The fourth-order valence-electron chi connectivity index (χ4n) is 2.01. The quantitative estimate of drug-likeness (QED) is 0.505. The van der Waals surface area contributed by atoms with Crippen LogP contribution >= 0.6 is 0 Å². The van der Waals surface area contributed by atoms with E-state index < -0.39 is 11.5 Å². The first kappa shape index (κ1) is 18.4. The van der Waals surface area contributed by atoms with Gasteiger partial charge in [0, 0.05) is 13.2 Å². The number of carbonyl (C=O) groups is 1. The van der Waals surface area contributed by atoms with Gasteiger partial charge in [-0.15, -0.1) is 0 Å². The maximum atomic E-state index is 11.0. The van der Waals surface area contributed by atoms with E-state index in [0.29, 0.717) is 25.9 Å². The van der Waals surface area contributed by atoms with Crippen molar-refractivity contribution in [1.82, 2.24) is 0 Å². The molecule has 0 aliphatic rings. The topological polar surface area (TPSA) is 72.5 Å². The Morgan fingerprint density at radius 3 is 2.21 bits per heavy atom. The molecule has 0 aromatic heterocycles. The molecule has 0 aromatic rings. The fourth-order valence-corrected chi connectivity index (χ4v) is 2.01. The van der Waals surface area contributed by atoms with Crippen molar-refractivity contribution in [3.05, 3.63) is 0 Å². The molecule has 0 heterocycles. The monoisotopic (exact) mass is 273 g/mol. The number of unbranched alkanes of at least 4 members (excludes halogenated alkanes) is 5. The SMILES string of the molecule is CCCCCCCCOCCCC(N)(CC)C(=O)O. The van der Waals surface area contributed by atoms with Crippen molar-refractivity contribution in [3.63, 3.8) is 0 Å². The molecule has 0 aliphatic carbocycles. The number of rotatable bonds is 13. The highest BCUT2D eigenvalue weighted by molar-refractivity contribution is 5.78. The van der Waals surface area contributed by atoms with Gasteiger partial charge in [0.1, 0.15) is 5.54 Å². The van der Waals surface area contributed by atoms with E-state index in [1.807, 2.05) is 6.92 Å². The molecule has 0 aliphatic heterocycles. The molecule has 4 nitrogen and oxygen atoms in total. The largest absolute Gasteiger partial charge is 0.480 e. The van der Waals surface area contributed by atoms with E-state index in [-0.39, 0.29) is 0 Å². The minimum atomic E-state index is -1.08. The third-order valence-corrected chi connectivity index (χ3v) is 3.61. The summed E-state index contributed by atoms with van der Waals surface area (Å²) in [6, 6.07) is 0. The molecular formula is C15H31NO3. The van der Waals surface area contributed by atoms with Crippen molar-refractivity contribution in [2.75, 3.05) is 13.2 Å². The molecule has 114 valence electrons. The first-order chi connectivity index (χ1) is 9.06. The van der Waals surface area contributed by atoms with E-state index in [9.17, 15) is 4.79 Å². The standard InChI is InChI=1S/C15H31NO3/c1-3-5-6-7-8-9-12-19-13-10-11-15(16,4-2)14(17)18/h3-13,16H2,1-2H3,(H,17,18). The molecule has 0 rings (SSSR count). The third-order valence-electron chi connectivity index (χ3n) is 3.61. The van der Waals surface area contributed by atoms with Crippen molar-refractivity contribution >= 4 is 5.97 Å². The van der Waals surface area contributed by atoms with Crippen molar-refractivity contribution in [1.29, 1.82) is 0 Å². The number of ether oxygens (including phenoxy) is 1. The summed E-state index contributed by atoms with van der Waals surface area (Å²) >= 11 is 0. The molecule has 0 aromatic carbocycles. The van der Waals surface area contributed by atoms with Gasteiger partial charge in [-0.05, 0) is 25.7 Å². The van der Waals surface area contributed by atoms with E-state index in [0.717, 1.165) is 13.0 Å². The Labute approximate surface area is 117 Å².